The summed E-state index contributed by atoms with van der Waals surface area (Å²) in [6.45, 7) is 15.9. The number of allylic oxidation sites excluding steroid dienone is 2. The Hall–Kier alpha value is -3.08. The fourth-order valence-electron chi connectivity index (χ4n) is 10.5. The molecule has 0 aromatic rings. The molecule has 2 amide bonds. The van der Waals surface area contributed by atoms with Crippen LogP contribution < -0.4 is 0 Å². The van der Waals surface area contributed by atoms with Crippen molar-refractivity contribution < 1.29 is 47.7 Å². The van der Waals surface area contributed by atoms with Gasteiger partial charge in [0.1, 0.15) is 25.4 Å². The van der Waals surface area contributed by atoms with E-state index in [1.54, 1.807) is 4.90 Å². The molecule has 0 fully saturated rings. The average molecular weight is 1290 g/mol. The first-order chi connectivity index (χ1) is 43.3. The van der Waals surface area contributed by atoms with Crippen LogP contribution in [-0.4, -0.2) is 158 Å². The number of carbonyl (C=O) groups excluding carboxylic acids is 6. The molecule has 89 heavy (non-hydrogen) atoms. The highest BCUT2D eigenvalue weighted by atomic mass is 32.2. The molecule has 0 saturated heterocycles. The molecular weight excluding hydrogens is 1160 g/mol. The predicted molar refractivity (Wildman–Crippen MR) is 377 cm³/mol. The van der Waals surface area contributed by atoms with Crippen LogP contribution in [0.3, 0.4) is 0 Å². The van der Waals surface area contributed by atoms with Gasteiger partial charge in [-0.25, -0.2) is 0 Å². The van der Waals surface area contributed by atoms with Crippen LogP contribution in [0.15, 0.2) is 24.3 Å². The average Bonchev–Trinajstić information content (AvgIpc) is 3.70. The van der Waals surface area contributed by atoms with Crippen LogP contribution in [-0.2, 0) is 38.1 Å². The molecule has 1 unspecified atom stereocenters. The Morgan fingerprint density at radius 2 is 0.652 bits per heavy atom. The Morgan fingerprint density at radius 1 is 0.337 bits per heavy atom. The lowest BCUT2D eigenvalue weighted by Gasteiger charge is -2.23. The number of hydrogen-bond acceptors (Lipinski definition) is 14. The highest BCUT2D eigenvalue weighted by Crippen LogP contribution is 2.21. The molecule has 0 aliphatic heterocycles. The number of nitrogens with zero attached hydrogens (tertiary/aromatic N) is 4. The van der Waals surface area contributed by atoms with Crippen molar-refractivity contribution in [1.82, 2.24) is 19.6 Å². The third kappa shape index (κ3) is 58.5. The molecule has 0 saturated carbocycles. The van der Waals surface area contributed by atoms with E-state index in [-0.39, 0.29) is 85.5 Å². The lowest BCUT2D eigenvalue weighted by atomic mass is 10.0. The third-order valence-electron chi connectivity index (χ3n) is 16.2. The zero-order valence-corrected chi connectivity index (χ0v) is 60.3. The van der Waals surface area contributed by atoms with Gasteiger partial charge in [-0.2, -0.15) is 0 Å². The van der Waals surface area contributed by atoms with Gasteiger partial charge in [-0.3, -0.25) is 28.8 Å². The second-order valence-electron chi connectivity index (χ2n) is 25.1. The van der Waals surface area contributed by atoms with E-state index in [4.69, 9.17) is 18.9 Å². The number of amides is 2. The van der Waals surface area contributed by atoms with E-state index in [0.717, 1.165) is 142 Å². The normalized spacial score (nSPS) is 12.0. The second kappa shape index (κ2) is 65.0. The van der Waals surface area contributed by atoms with Crippen molar-refractivity contribution in [3.63, 3.8) is 0 Å². The topological polar surface area (TPSA) is 152 Å². The van der Waals surface area contributed by atoms with Gasteiger partial charge < -0.3 is 38.5 Å². The van der Waals surface area contributed by atoms with E-state index in [2.05, 4.69) is 63.6 Å². The SMILES string of the molecule is CCCCCC/C=C\COC(=O)CCCN(CCCC(=O)OC(CCCCCCC)CCCCCCCCCN(C)CCSC(=O)N(CCCC(=O)OC/C=C\CCCCCC)CCCC(=O)OC(CCCCCC)CCCCCC)C(=O)SCCN(C)C. The first-order valence-electron chi connectivity index (χ1n) is 36.5. The van der Waals surface area contributed by atoms with Gasteiger partial charge in [0, 0.05) is 76.5 Å². The first-order valence-corrected chi connectivity index (χ1v) is 38.4. The monoisotopic (exact) mass is 1290 g/mol. The van der Waals surface area contributed by atoms with Crippen LogP contribution in [0.1, 0.15) is 304 Å². The van der Waals surface area contributed by atoms with Crippen LogP contribution in [0.5, 0.6) is 0 Å². The van der Waals surface area contributed by atoms with Crippen molar-refractivity contribution in [2.24, 2.45) is 0 Å². The van der Waals surface area contributed by atoms with Crippen LogP contribution in [0.2, 0.25) is 0 Å². The summed E-state index contributed by atoms with van der Waals surface area (Å²) < 4.78 is 23.1. The maximum absolute atomic E-state index is 13.7. The van der Waals surface area contributed by atoms with Crippen LogP contribution in [0, 0.1) is 0 Å². The Morgan fingerprint density at radius 3 is 1.02 bits per heavy atom. The number of thioether (sulfide) groups is 2. The summed E-state index contributed by atoms with van der Waals surface area (Å²) in [5, 5.41) is -0.0352. The number of unbranched alkanes of at least 4 members (excludes halogenated alkanes) is 24. The van der Waals surface area contributed by atoms with E-state index in [1.807, 2.05) is 31.1 Å². The maximum atomic E-state index is 13.7. The van der Waals surface area contributed by atoms with E-state index in [9.17, 15) is 28.8 Å². The maximum Gasteiger partial charge on any atom is 0.306 e. The highest BCUT2D eigenvalue weighted by molar-refractivity contribution is 8.13. The molecule has 16 heteroatoms. The summed E-state index contributed by atoms with van der Waals surface area (Å²) in [5.41, 5.74) is 0. The standard InChI is InChI=1S/C73H136N4O10S2/c1-9-14-19-24-29-34-41-62-84-68(78)51-43-56-76(72(82)88-64-60-74(6)7)58-45-53-71(81)87-67(49-38-31-21-16-11-3)50-39-32-27-26-28-33-40-55-75(8)61-65-89-73(83)77(57-44-52-69(79)85-63-42-35-30-25-20-15-10-2)59-46-54-70(80)86-66(47-36-22-17-12-4)48-37-23-18-13-5/h34-35,41-42,66-67H,9-33,36-40,43-65H2,1-8H3/b41-34-,42-35-. The second-order valence-corrected chi connectivity index (χ2v) is 27.2. The Bertz CT molecular complexity index is 1740. The van der Waals surface area contributed by atoms with Crippen molar-refractivity contribution in [3.8, 4) is 0 Å². The fourth-order valence-corrected chi connectivity index (χ4v) is 12.5. The Balaban J connectivity index is 5.08. The molecule has 0 aromatic heterocycles. The lowest BCUT2D eigenvalue weighted by molar-refractivity contribution is -0.151. The Labute approximate surface area is 554 Å². The third-order valence-corrected chi connectivity index (χ3v) is 18.0. The van der Waals surface area contributed by atoms with Crippen molar-refractivity contribution >= 4 is 57.9 Å². The lowest BCUT2D eigenvalue weighted by Crippen LogP contribution is -2.32. The molecule has 0 aliphatic rings. The minimum atomic E-state index is -0.258. The highest BCUT2D eigenvalue weighted by Gasteiger charge is 2.21. The van der Waals surface area contributed by atoms with Crippen LogP contribution in [0.25, 0.3) is 0 Å². The van der Waals surface area contributed by atoms with Gasteiger partial charge in [0.05, 0.1) is 0 Å². The summed E-state index contributed by atoms with van der Waals surface area (Å²) in [6, 6.07) is 0. The summed E-state index contributed by atoms with van der Waals surface area (Å²) >= 11 is 2.61. The largest absolute Gasteiger partial charge is 0.462 e. The number of rotatable bonds is 64. The van der Waals surface area contributed by atoms with E-state index in [0.29, 0.717) is 63.4 Å². The number of ether oxygens (including phenoxy) is 4. The van der Waals surface area contributed by atoms with Crippen molar-refractivity contribution in [1.29, 1.82) is 0 Å². The molecule has 1 atom stereocenters. The number of esters is 4. The molecule has 0 heterocycles. The van der Waals surface area contributed by atoms with Gasteiger partial charge in [0.2, 0.25) is 0 Å². The molecule has 0 radical (unpaired) electrons. The number of carbonyl (C=O) groups is 6. The zero-order chi connectivity index (χ0) is 65.5. The van der Waals surface area contributed by atoms with Gasteiger partial charge in [-0.15, -0.1) is 0 Å². The molecule has 0 bridgehead atoms. The van der Waals surface area contributed by atoms with E-state index < -0.39 is 0 Å². The van der Waals surface area contributed by atoms with Crippen molar-refractivity contribution in [2.45, 2.75) is 317 Å². The molecule has 0 aromatic carbocycles. The van der Waals surface area contributed by atoms with Gasteiger partial charge >= 0.3 is 23.9 Å². The molecule has 520 valence electrons. The summed E-state index contributed by atoms with van der Waals surface area (Å²) in [5.74, 6) is 0.460. The fraction of sp³-hybridized carbons (Fsp3) is 0.863. The first kappa shape index (κ1) is 85.9. The molecule has 14 nitrogen and oxygen atoms in total. The quantitative estimate of drug-likeness (QED) is 0.0246. The van der Waals surface area contributed by atoms with Gasteiger partial charge in [0.15, 0.2) is 0 Å². The van der Waals surface area contributed by atoms with Gasteiger partial charge in [-0.1, -0.05) is 217 Å². The van der Waals surface area contributed by atoms with Crippen molar-refractivity contribution in [2.75, 3.05) is 91.7 Å². The number of hydrogen-bond donors (Lipinski definition) is 0. The van der Waals surface area contributed by atoms with E-state index in [1.165, 1.54) is 120 Å². The molecule has 0 aliphatic carbocycles. The zero-order valence-electron chi connectivity index (χ0n) is 58.6. The van der Waals surface area contributed by atoms with Crippen LogP contribution in [0.4, 0.5) is 9.59 Å². The summed E-state index contributed by atoms with van der Waals surface area (Å²) in [6.07, 6.45) is 49.2. The van der Waals surface area contributed by atoms with E-state index >= 15 is 0 Å². The van der Waals surface area contributed by atoms with Crippen LogP contribution >= 0.6 is 23.5 Å². The smallest absolute Gasteiger partial charge is 0.306 e. The minimum Gasteiger partial charge on any atom is -0.462 e. The Kier molecular flexibility index (Phi) is 62.8. The molecular formula is C73H136N4O10S2. The summed E-state index contributed by atoms with van der Waals surface area (Å²) in [7, 11) is 6.10. The van der Waals surface area contributed by atoms with Gasteiger partial charge in [-0.05, 0) is 137 Å². The molecule has 0 spiro atoms. The predicted octanol–water partition coefficient (Wildman–Crippen LogP) is 19.3. The molecule has 0 N–H and O–H groups in total. The molecule has 0 rings (SSSR count). The van der Waals surface area contributed by atoms with Crippen molar-refractivity contribution in [3.05, 3.63) is 24.3 Å². The summed E-state index contributed by atoms with van der Waals surface area (Å²) in [4.78, 5) is 86.5. The van der Waals surface area contributed by atoms with Gasteiger partial charge in [0.25, 0.3) is 10.5 Å². The minimum absolute atomic E-state index is 0.0128.